The second-order valence-electron chi connectivity index (χ2n) is 6.94. The smallest absolute Gasteiger partial charge is 0.226 e. The number of aryl methyl sites for hydroxylation is 1. The highest BCUT2D eigenvalue weighted by molar-refractivity contribution is 7.16. The lowest BCUT2D eigenvalue weighted by molar-refractivity contribution is -0.116. The highest BCUT2D eigenvalue weighted by atomic mass is 32.1. The fraction of sp³-hybridized carbons (Fsp3) is 0.292. The summed E-state index contributed by atoms with van der Waals surface area (Å²) >= 11 is 1.48. The molecule has 0 atom stereocenters. The van der Waals surface area contributed by atoms with Crippen LogP contribution in [0.25, 0.3) is 11.3 Å². The summed E-state index contributed by atoms with van der Waals surface area (Å²) in [6.07, 6.45) is 2.01. The molecule has 0 fully saturated rings. The van der Waals surface area contributed by atoms with Crippen LogP contribution in [0.15, 0.2) is 48.5 Å². The third kappa shape index (κ3) is 5.70. The van der Waals surface area contributed by atoms with E-state index in [2.05, 4.69) is 17.2 Å². The summed E-state index contributed by atoms with van der Waals surface area (Å²) in [6, 6.07) is 15.0. The number of ether oxygens (including phenoxy) is 2. The molecule has 1 N–H and O–H groups in total. The second kappa shape index (κ2) is 10.7. The first-order valence-corrected chi connectivity index (χ1v) is 11.0. The molecule has 0 saturated carbocycles. The summed E-state index contributed by atoms with van der Waals surface area (Å²) in [5, 5.41) is 3.40. The monoisotopic (exact) mass is 438 g/mol. The number of thiazole rings is 1. The Morgan fingerprint density at radius 3 is 2.48 bits per heavy atom. The SMILES string of the molecule is CCCc1sc(NC(=O)CCC(=O)c2cc(OC)ccc2OC)nc1-c1ccccc1. The fourth-order valence-corrected chi connectivity index (χ4v) is 4.30. The van der Waals surface area contributed by atoms with Crippen molar-refractivity contribution in [2.75, 3.05) is 19.5 Å². The normalized spacial score (nSPS) is 10.5. The van der Waals surface area contributed by atoms with Crippen molar-refractivity contribution in [2.45, 2.75) is 32.6 Å². The van der Waals surface area contributed by atoms with Gasteiger partial charge in [-0.1, -0.05) is 43.7 Å². The van der Waals surface area contributed by atoms with Gasteiger partial charge in [0.15, 0.2) is 10.9 Å². The molecule has 7 heteroatoms. The van der Waals surface area contributed by atoms with Gasteiger partial charge in [0.05, 0.1) is 25.5 Å². The van der Waals surface area contributed by atoms with Gasteiger partial charge in [0, 0.05) is 23.3 Å². The van der Waals surface area contributed by atoms with Crippen LogP contribution in [0.5, 0.6) is 11.5 Å². The van der Waals surface area contributed by atoms with Crippen molar-refractivity contribution in [1.82, 2.24) is 4.98 Å². The number of carbonyl (C=O) groups excluding carboxylic acids is 2. The van der Waals surface area contributed by atoms with Crippen LogP contribution in [-0.2, 0) is 11.2 Å². The number of methoxy groups -OCH3 is 2. The number of anilines is 1. The molecule has 31 heavy (non-hydrogen) atoms. The van der Waals surface area contributed by atoms with E-state index in [1.807, 2.05) is 30.3 Å². The minimum atomic E-state index is -0.244. The molecule has 0 spiro atoms. The molecule has 3 aromatic rings. The molecule has 0 bridgehead atoms. The second-order valence-corrected chi connectivity index (χ2v) is 8.03. The molecule has 0 saturated heterocycles. The van der Waals surface area contributed by atoms with E-state index < -0.39 is 0 Å². The number of Topliss-reactive ketones (excluding diaryl/α,β-unsaturated/α-hetero) is 1. The highest BCUT2D eigenvalue weighted by Gasteiger charge is 2.17. The summed E-state index contributed by atoms with van der Waals surface area (Å²) in [5.41, 5.74) is 2.34. The van der Waals surface area contributed by atoms with E-state index in [1.165, 1.54) is 25.6 Å². The first-order valence-electron chi connectivity index (χ1n) is 10.2. The van der Waals surface area contributed by atoms with Gasteiger partial charge in [0.2, 0.25) is 5.91 Å². The topological polar surface area (TPSA) is 77.5 Å². The van der Waals surface area contributed by atoms with Gasteiger partial charge in [-0.3, -0.25) is 9.59 Å². The van der Waals surface area contributed by atoms with Crippen molar-refractivity contribution < 1.29 is 19.1 Å². The molecule has 0 radical (unpaired) electrons. The summed E-state index contributed by atoms with van der Waals surface area (Å²) < 4.78 is 10.4. The zero-order valence-electron chi connectivity index (χ0n) is 17.9. The number of amides is 1. The summed E-state index contributed by atoms with van der Waals surface area (Å²) in [6.45, 7) is 2.12. The highest BCUT2D eigenvalue weighted by Crippen LogP contribution is 2.32. The predicted molar refractivity (Wildman–Crippen MR) is 123 cm³/mol. The minimum absolute atomic E-state index is 0.0581. The van der Waals surface area contributed by atoms with Crippen LogP contribution in [0.4, 0.5) is 5.13 Å². The van der Waals surface area contributed by atoms with E-state index in [-0.39, 0.29) is 24.5 Å². The van der Waals surface area contributed by atoms with Crippen molar-refractivity contribution in [3.63, 3.8) is 0 Å². The Bertz CT molecular complexity index is 1050. The lowest BCUT2D eigenvalue weighted by atomic mass is 10.0. The van der Waals surface area contributed by atoms with Crippen molar-refractivity contribution in [3.8, 4) is 22.8 Å². The molecule has 0 aliphatic rings. The maximum atomic E-state index is 12.6. The molecule has 1 amide bonds. The van der Waals surface area contributed by atoms with E-state index >= 15 is 0 Å². The van der Waals surface area contributed by atoms with E-state index in [4.69, 9.17) is 9.47 Å². The zero-order chi connectivity index (χ0) is 22.2. The molecule has 0 unspecified atom stereocenters. The predicted octanol–water partition coefficient (Wildman–Crippen LogP) is 5.38. The van der Waals surface area contributed by atoms with Crippen LogP contribution in [0.2, 0.25) is 0 Å². The number of aromatic nitrogens is 1. The third-order valence-corrected chi connectivity index (χ3v) is 5.78. The molecule has 2 aromatic carbocycles. The number of hydrogen-bond donors (Lipinski definition) is 1. The molecule has 3 rings (SSSR count). The lowest BCUT2D eigenvalue weighted by Gasteiger charge is -2.09. The van der Waals surface area contributed by atoms with E-state index in [1.54, 1.807) is 18.2 Å². The van der Waals surface area contributed by atoms with Crippen LogP contribution in [0, 0.1) is 0 Å². The zero-order valence-corrected chi connectivity index (χ0v) is 18.8. The van der Waals surface area contributed by atoms with Crippen molar-refractivity contribution in [1.29, 1.82) is 0 Å². The van der Waals surface area contributed by atoms with Gasteiger partial charge in [0.25, 0.3) is 0 Å². The molecular formula is C24H26N2O4S. The van der Waals surface area contributed by atoms with Crippen molar-refractivity contribution >= 4 is 28.2 Å². The number of nitrogens with zero attached hydrogens (tertiary/aromatic N) is 1. The van der Waals surface area contributed by atoms with Crippen LogP contribution in [-0.4, -0.2) is 30.9 Å². The largest absolute Gasteiger partial charge is 0.497 e. The van der Waals surface area contributed by atoms with E-state index in [0.717, 1.165) is 29.0 Å². The number of ketones is 1. The van der Waals surface area contributed by atoms with Crippen molar-refractivity contribution in [3.05, 3.63) is 59.0 Å². The summed E-state index contributed by atoms with van der Waals surface area (Å²) in [7, 11) is 3.04. The van der Waals surface area contributed by atoms with Crippen LogP contribution >= 0.6 is 11.3 Å². The van der Waals surface area contributed by atoms with Crippen LogP contribution in [0.1, 0.15) is 41.4 Å². The van der Waals surface area contributed by atoms with Crippen LogP contribution < -0.4 is 14.8 Å². The van der Waals surface area contributed by atoms with Gasteiger partial charge < -0.3 is 14.8 Å². The van der Waals surface area contributed by atoms with E-state index in [0.29, 0.717) is 22.2 Å². The third-order valence-electron chi connectivity index (χ3n) is 4.75. The maximum Gasteiger partial charge on any atom is 0.226 e. The van der Waals surface area contributed by atoms with Gasteiger partial charge in [-0.05, 0) is 24.6 Å². The Morgan fingerprint density at radius 2 is 1.81 bits per heavy atom. The molecule has 162 valence electrons. The van der Waals surface area contributed by atoms with E-state index in [9.17, 15) is 9.59 Å². The Hall–Kier alpha value is -3.19. The van der Waals surface area contributed by atoms with Gasteiger partial charge in [0.1, 0.15) is 11.5 Å². The van der Waals surface area contributed by atoms with Crippen molar-refractivity contribution in [2.24, 2.45) is 0 Å². The number of hydrogen-bond acceptors (Lipinski definition) is 6. The molecule has 0 aliphatic carbocycles. The summed E-state index contributed by atoms with van der Waals surface area (Å²) in [4.78, 5) is 30.9. The average molecular weight is 439 g/mol. The van der Waals surface area contributed by atoms with Gasteiger partial charge in [-0.25, -0.2) is 4.98 Å². The Balaban J connectivity index is 1.67. The summed E-state index contributed by atoms with van der Waals surface area (Å²) in [5.74, 6) is 0.601. The molecule has 6 nitrogen and oxygen atoms in total. The maximum absolute atomic E-state index is 12.6. The Kier molecular flexibility index (Phi) is 7.78. The lowest BCUT2D eigenvalue weighted by Crippen LogP contribution is -2.13. The molecule has 1 heterocycles. The number of carbonyl (C=O) groups is 2. The quantitative estimate of drug-likeness (QED) is 0.430. The van der Waals surface area contributed by atoms with Gasteiger partial charge in [-0.15, -0.1) is 11.3 Å². The fourth-order valence-electron chi connectivity index (χ4n) is 3.20. The minimum Gasteiger partial charge on any atom is -0.497 e. The number of rotatable bonds is 10. The molecule has 0 aliphatic heterocycles. The Labute approximate surface area is 186 Å². The standard InChI is InChI=1S/C24H26N2O4S/c1-4-8-21-23(16-9-6-5-7-10-16)26-24(31-21)25-22(28)14-12-19(27)18-15-17(29-2)11-13-20(18)30-3/h5-7,9-11,13,15H,4,8,12,14H2,1-3H3,(H,25,26,28). The van der Waals surface area contributed by atoms with Crippen LogP contribution in [0.3, 0.4) is 0 Å². The average Bonchev–Trinajstić information content (AvgIpc) is 3.19. The molecule has 1 aromatic heterocycles. The number of nitrogens with one attached hydrogen (secondary N) is 1. The first-order chi connectivity index (χ1) is 15.0. The Morgan fingerprint density at radius 1 is 1.03 bits per heavy atom. The van der Waals surface area contributed by atoms with Gasteiger partial charge in [-0.2, -0.15) is 0 Å². The number of benzene rings is 2. The first kappa shape index (κ1) is 22.5. The molecular weight excluding hydrogens is 412 g/mol. The van der Waals surface area contributed by atoms with Gasteiger partial charge >= 0.3 is 0 Å².